The number of rotatable bonds is 8. The van der Waals surface area contributed by atoms with E-state index in [1.165, 1.54) is 18.0 Å². The van der Waals surface area contributed by atoms with Crippen LogP contribution in [0.1, 0.15) is 30.2 Å². The molecule has 0 saturated heterocycles. The fourth-order valence-electron chi connectivity index (χ4n) is 3.01. The Bertz CT molecular complexity index is 1100. The predicted molar refractivity (Wildman–Crippen MR) is 118 cm³/mol. The van der Waals surface area contributed by atoms with Crippen LogP contribution in [0.25, 0.3) is 16.4 Å². The van der Waals surface area contributed by atoms with Gasteiger partial charge in [-0.25, -0.2) is 4.98 Å². The van der Waals surface area contributed by atoms with Gasteiger partial charge in [-0.3, -0.25) is 9.36 Å². The zero-order valence-electron chi connectivity index (χ0n) is 16.7. The van der Waals surface area contributed by atoms with Gasteiger partial charge in [0.05, 0.1) is 10.6 Å². The van der Waals surface area contributed by atoms with Crippen LogP contribution in [0.5, 0.6) is 0 Å². The largest absolute Gasteiger partial charge is 0.447 e. The summed E-state index contributed by atoms with van der Waals surface area (Å²) in [6, 6.07) is 14.0. The normalized spacial score (nSPS) is 11.0. The number of aromatic nitrogens is 4. The summed E-state index contributed by atoms with van der Waals surface area (Å²) in [6.45, 7) is 5.16. The van der Waals surface area contributed by atoms with Crippen molar-refractivity contribution in [3.8, 4) is 16.4 Å². The third kappa shape index (κ3) is 4.17. The molecule has 1 amide bonds. The highest BCUT2D eigenvalue weighted by Gasteiger charge is 2.20. The van der Waals surface area contributed by atoms with E-state index in [1.807, 2.05) is 66.3 Å². The monoisotopic (exact) mass is 439 g/mol. The van der Waals surface area contributed by atoms with Crippen molar-refractivity contribution in [2.24, 2.45) is 0 Å². The van der Waals surface area contributed by atoms with Crippen LogP contribution in [0.4, 0.5) is 0 Å². The van der Waals surface area contributed by atoms with Crippen molar-refractivity contribution in [3.05, 3.63) is 65.7 Å². The Morgan fingerprint density at radius 1 is 1.13 bits per heavy atom. The molecule has 0 atom stereocenters. The second-order valence-electron chi connectivity index (χ2n) is 6.35. The first kappa shape index (κ1) is 20.4. The summed E-state index contributed by atoms with van der Waals surface area (Å²) >= 11 is 3.09. The van der Waals surface area contributed by atoms with Gasteiger partial charge in [0.1, 0.15) is 6.26 Å². The van der Waals surface area contributed by atoms with Crippen molar-refractivity contribution < 1.29 is 9.21 Å². The molecule has 0 saturated carbocycles. The minimum atomic E-state index is -0.118. The lowest BCUT2D eigenvalue weighted by molar-refractivity contribution is 0.0767. The van der Waals surface area contributed by atoms with Gasteiger partial charge < -0.3 is 9.32 Å². The van der Waals surface area contributed by atoms with Crippen LogP contribution in [0.2, 0.25) is 0 Å². The van der Waals surface area contributed by atoms with Gasteiger partial charge in [-0.05, 0) is 37.4 Å². The predicted octanol–water partition coefficient (Wildman–Crippen LogP) is 4.76. The number of carbonyl (C=O) groups excluding carboxylic acids is 1. The number of thioether (sulfide) groups is 1. The number of para-hydroxylation sites is 1. The molecule has 7 nitrogen and oxygen atoms in total. The average Bonchev–Trinajstić information content (AvgIpc) is 3.54. The lowest BCUT2D eigenvalue weighted by atomic mass is 10.3. The van der Waals surface area contributed by atoms with Crippen LogP contribution >= 0.6 is 23.1 Å². The van der Waals surface area contributed by atoms with Crippen LogP contribution < -0.4 is 0 Å². The maximum absolute atomic E-state index is 12.4. The Morgan fingerprint density at radius 3 is 2.63 bits per heavy atom. The molecule has 0 aliphatic heterocycles. The zero-order valence-corrected chi connectivity index (χ0v) is 18.3. The second kappa shape index (κ2) is 9.27. The second-order valence-corrected chi connectivity index (χ2v) is 8.24. The number of nitrogens with zero attached hydrogens (tertiary/aromatic N) is 5. The third-order valence-corrected chi connectivity index (χ3v) is 6.32. The molecule has 0 bridgehead atoms. The fraction of sp³-hybridized carbons (Fsp3) is 0.238. The highest BCUT2D eigenvalue weighted by molar-refractivity contribution is 7.98. The molecule has 3 heterocycles. The maximum atomic E-state index is 12.4. The Morgan fingerprint density at radius 2 is 1.93 bits per heavy atom. The molecule has 0 aliphatic carbocycles. The summed E-state index contributed by atoms with van der Waals surface area (Å²) in [4.78, 5) is 19.6. The molecular weight excluding hydrogens is 418 g/mol. The van der Waals surface area contributed by atoms with Crippen LogP contribution in [-0.2, 0) is 5.75 Å². The minimum Gasteiger partial charge on any atom is -0.447 e. The Kier molecular flexibility index (Phi) is 6.29. The van der Waals surface area contributed by atoms with E-state index in [0.29, 0.717) is 30.4 Å². The van der Waals surface area contributed by atoms with E-state index in [0.717, 1.165) is 21.5 Å². The third-order valence-electron chi connectivity index (χ3n) is 4.54. The molecule has 0 radical (unpaired) electrons. The van der Waals surface area contributed by atoms with Gasteiger partial charge >= 0.3 is 0 Å². The van der Waals surface area contributed by atoms with Gasteiger partial charge in [0.25, 0.3) is 5.91 Å². The number of hydrogen-bond acceptors (Lipinski definition) is 7. The van der Waals surface area contributed by atoms with Gasteiger partial charge in [-0.15, -0.1) is 21.5 Å². The first-order chi connectivity index (χ1) is 14.7. The lowest BCUT2D eigenvalue weighted by Gasteiger charge is -2.16. The van der Waals surface area contributed by atoms with Crippen LogP contribution in [0, 0.1) is 0 Å². The fourth-order valence-corrected chi connectivity index (χ4v) is 4.52. The molecule has 4 aromatic rings. The molecular formula is C21H21N5O2S2. The first-order valence-electron chi connectivity index (χ1n) is 9.62. The Labute approximate surface area is 182 Å². The SMILES string of the molecule is CCN(CC)C(=O)c1coc(CSc2nnc(-c3cccs3)n2-c2ccccc2)n1. The van der Waals surface area contributed by atoms with E-state index < -0.39 is 0 Å². The highest BCUT2D eigenvalue weighted by Crippen LogP contribution is 2.31. The van der Waals surface area contributed by atoms with Gasteiger partial charge in [-0.1, -0.05) is 36.0 Å². The molecule has 0 N–H and O–H groups in total. The van der Waals surface area contributed by atoms with Crippen LogP contribution in [0.15, 0.2) is 63.7 Å². The number of carbonyl (C=O) groups is 1. The molecule has 1 aromatic carbocycles. The topological polar surface area (TPSA) is 77.0 Å². The number of oxazole rings is 1. The van der Waals surface area contributed by atoms with Crippen molar-refractivity contribution >= 4 is 29.0 Å². The summed E-state index contributed by atoms with van der Waals surface area (Å²) in [5, 5.41) is 11.6. The summed E-state index contributed by atoms with van der Waals surface area (Å²) in [5.41, 5.74) is 1.32. The zero-order chi connectivity index (χ0) is 20.9. The average molecular weight is 440 g/mol. The van der Waals surface area contributed by atoms with E-state index in [2.05, 4.69) is 15.2 Å². The summed E-state index contributed by atoms with van der Waals surface area (Å²) in [6.07, 6.45) is 1.43. The number of amides is 1. The van der Waals surface area contributed by atoms with E-state index in [9.17, 15) is 4.79 Å². The van der Waals surface area contributed by atoms with E-state index in [-0.39, 0.29) is 5.91 Å². The molecule has 30 heavy (non-hydrogen) atoms. The molecule has 3 aromatic heterocycles. The smallest absolute Gasteiger partial charge is 0.275 e. The van der Waals surface area contributed by atoms with Crippen molar-refractivity contribution in [1.82, 2.24) is 24.6 Å². The van der Waals surface area contributed by atoms with Crippen molar-refractivity contribution in [1.29, 1.82) is 0 Å². The summed E-state index contributed by atoms with van der Waals surface area (Å²) in [5.74, 6) is 1.60. The first-order valence-corrected chi connectivity index (χ1v) is 11.5. The molecule has 0 aliphatic rings. The molecule has 154 valence electrons. The van der Waals surface area contributed by atoms with Gasteiger partial charge in [0, 0.05) is 18.8 Å². The number of benzene rings is 1. The molecule has 4 rings (SSSR count). The number of hydrogen-bond donors (Lipinski definition) is 0. The van der Waals surface area contributed by atoms with Crippen LogP contribution in [0.3, 0.4) is 0 Å². The molecule has 0 spiro atoms. The standard InChI is InChI=1S/C21H21N5O2S2/c1-3-25(4-2)20(27)16-13-28-18(22-16)14-30-21-24-23-19(17-11-8-12-29-17)26(21)15-9-6-5-7-10-15/h5-13H,3-4,14H2,1-2H3. The van der Waals surface area contributed by atoms with Crippen LogP contribution in [-0.4, -0.2) is 43.6 Å². The number of thiophene rings is 1. The van der Waals surface area contributed by atoms with Gasteiger partial charge in [0.2, 0.25) is 5.89 Å². The Hall–Kier alpha value is -2.91. The highest BCUT2D eigenvalue weighted by atomic mass is 32.2. The quantitative estimate of drug-likeness (QED) is 0.369. The van der Waals surface area contributed by atoms with Crippen molar-refractivity contribution in [3.63, 3.8) is 0 Å². The molecule has 9 heteroatoms. The minimum absolute atomic E-state index is 0.118. The van der Waals surface area contributed by atoms with E-state index in [1.54, 1.807) is 16.2 Å². The van der Waals surface area contributed by atoms with Crippen molar-refractivity contribution in [2.75, 3.05) is 13.1 Å². The van der Waals surface area contributed by atoms with E-state index in [4.69, 9.17) is 4.42 Å². The molecule has 0 unspecified atom stereocenters. The molecule has 0 fully saturated rings. The lowest BCUT2D eigenvalue weighted by Crippen LogP contribution is -2.30. The summed E-state index contributed by atoms with van der Waals surface area (Å²) in [7, 11) is 0. The Balaban J connectivity index is 1.57. The summed E-state index contributed by atoms with van der Waals surface area (Å²) < 4.78 is 7.57. The van der Waals surface area contributed by atoms with Gasteiger partial charge in [-0.2, -0.15) is 0 Å². The van der Waals surface area contributed by atoms with E-state index >= 15 is 0 Å². The van der Waals surface area contributed by atoms with Gasteiger partial charge in [0.15, 0.2) is 16.7 Å². The maximum Gasteiger partial charge on any atom is 0.275 e. The van der Waals surface area contributed by atoms with Crippen molar-refractivity contribution in [2.45, 2.75) is 24.8 Å².